The zero-order chi connectivity index (χ0) is 12.9. The van der Waals surface area contributed by atoms with Crippen LogP contribution in [0.1, 0.15) is 32.1 Å². The maximum absolute atomic E-state index is 11.0. The zero-order valence-electron chi connectivity index (χ0n) is 9.89. The van der Waals surface area contributed by atoms with Crippen LogP contribution in [0, 0.1) is 0 Å². The molecule has 0 saturated carbocycles. The van der Waals surface area contributed by atoms with E-state index in [-0.39, 0.29) is 51.2 Å². The largest absolute Gasteiger partial charge is 0.466 e. The minimum atomic E-state index is -0.356. The van der Waals surface area contributed by atoms with Crippen molar-refractivity contribution >= 4 is 11.9 Å². The number of hydrogen-bond donors (Lipinski definition) is 2. The SMILES string of the molecule is O=C(CCCO)OCCCOC(=O)CCCO. The van der Waals surface area contributed by atoms with Crippen LogP contribution in [0.3, 0.4) is 0 Å². The highest BCUT2D eigenvalue weighted by Crippen LogP contribution is 1.96. The fourth-order valence-electron chi connectivity index (χ4n) is 1.02. The molecule has 0 aliphatic rings. The molecule has 2 N–H and O–H groups in total. The van der Waals surface area contributed by atoms with E-state index in [0.29, 0.717) is 19.3 Å². The molecule has 0 fully saturated rings. The number of ether oxygens (including phenoxy) is 2. The molecule has 0 saturated heterocycles. The molecule has 17 heavy (non-hydrogen) atoms. The Labute approximate surface area is 101 Å². The lowest BCUT2D eigenvalue weighted by molar-refractivity contribution is -0.146. The van der Waals surface area contributed by atoms with E-state index in [1.807, 2.05) is 0 Å². The summed E-state index contributed by atoms with van der Waals surface area (Å²) in [5.41, 5.74) is 0. The molecule has 0 spiro atoms. The fraction of sp³-hybridized carbons (Fsp3) is 0.818. The summed E-state index contributed by atoms with van der Waals surface area (Å²) < 4.78 is 9.65. The molecule has 6 heteroatoms. The molecule has 0 amide bonds. The van der Waals surface area contributed by atoms with Crippen LogP contribution in [0.25, 0.3) is 0 Å². The number of aliphatic hydroxyl groups is 2. The molecule has 0 radical (unpaired) electrons. The molecule has 0 aromatic heterocycles. The summed E-state index contributed by atoms with van der Waals surface area (Å²) in [6.45, 7) is 0.351. The molecule has 0 unspecified atom stereocenters. The van der Waals surface area contributed by atoms with Crippen LogP contribution < -0.4 is 0 Å². The van der Waals surface area contributed by atoms with Crippen molar-refractivity contribution < 1.29 is 29.3 Å². The van der Waals surface area contributed by atoms with Gasteiger partial charge in [0.2, 0.25) is 0 Å². The monoisotopic (exact) mass is 248 g/mol. The highest BCUT2D eigenvalue weighted by molar-refractivity contribution is 5.69. The zero-order valence-corrected chi connectivity index (χ0v) is 9.89. The topological polar surface area (TPSA) is 93.1 Å². The number of carbonyl (C=O) groups excluding carboxylic acids is 2. The molecule has 0 bridgehead atoms. The van der Waals surface area contributed by atoms with Crippen molar-refractivity contribution in [3.63, 3.8) is 0 Å². The van der Waals surface area contributed by atoms with Crippen LogP contribution >= 0.6 is 0 Å². The van der Waals surface area contributed by atoms with Gasteiger partial charge in [0, 0.05) is 32.5 Å². The second kappa shape index (κ2) is 11.3. The first kappa shape index (κ1) is 15.9. The predicted octanol–water partition coefficient (Wildman–Crippen LogP) is 0.00790. The Kier molecular flexibility index (Phi) is 10.6. The van der Waals surface area contributed by atoms with E-state index < -0.39 is 0 Å². The standard InChI is InChI=1S/C11H20O6/c12-6-1-4-10(14)16-8-3-9-17-11(15)5-2-7-13/h12-13H,1-9H2. The van der Waals surface area contributed by atoms with E-state index in [0.717, 1.165) is 0 Å². The lowest BCUT2D eigenvalue weighted by atomic mass is 10.3. The van der Waals surface area contributed by atoms with Crippen LogP contribution in [-0.4, -0.2) is 48.6 Å². The summed E-state index contributed by atoms with van der Waals surface area (Å²) in [5.74, 6) is -0.712. The first-order valence-corrected chi connectivity index (χ1v) is 5.73. The number of carbonyl (C=O) groups is 2. The summed E-state index contributed by atoms with van der Waals surface area (Å²) in [7, 11) is 0. The number of rotatable bonds is 10. The van der Waals surface area contributed by atoms with Crippen molar-refractivity contribution in [3.8, 4) is 0 Å². The van der Waals surface area contributed by atoms with Gasteiger partial charge in [-0.3, -0.25) is 9.59 Å². The molecular weight excluding hydrogens is 228 g/mol. The van der Waals surface area contributed by atoms with Gasteiger partial charge in [-0.2, -0.15) is 0 Å². The minimum absolute atomic E-state index is 0.0302. The molecule has 0 aromatic carbocycles. The van der Waals surface area contributed by atoms with Crippen LogP contribution in [-0.2, 0) is 19.1 Å². The van der Waals surface area contributed by atoms with Gasteiger partial charge in [0.1, 0.15) is 0 Å². The Balaban J connectivity index is 3.28. The smallest absolute Gasteiger partial charge is 0.305 e. The van der Waals surface area contributed by atoms with Gasteiger partial charge in [0.25, 0.3) is 0 Å². The van der Waals surface area contributed by atoms with E-state index in [1.54, 1.807) is 0 Å². The molecule has 0 aliphatic heterocycles. The van der Waals surface area contributed by atoms with Crippen molar-refractivity contribution in [1.82, 2.24) is 0 Å². The van der Waals surface area contributed by atoms with Gasteiger partial charge in [0.15, 0.2) is 0 Å². The third kappa shape index (κ3) is 11.1. The minimum Gasteiger partial charge on any atom is -0.466 e. The molecular formula is C11H20O6. The first-order chi connectivity index (χ1) is 8.20. The molecule has 0 aliphatic carbocycles. The van der Waals surface area contributed by atoms with Crippen molar-refractivity contribution in [1.29, 1.82) is 0 Å². The van der Waals surface area contributed by atoms with Crippen molar-refractivity contribution in [2.24, 2.45) is 0 Å². The fourth-order valence-corrected chi connectivity index (χ4v) is 1.02. The maximum atomic E-state index is 11.0. The van der Waals surface area contributed by atoms with Crippen LogP contribution in [0.4, 0.5) is 0 Å². The number of hydrogen-bond acceptors (Lipinski definition) is 6. The van der Waals surface area contributed by atoms with Crippen molar-refractivity contribution in [2.45, 2.75) is 32.1 Å². The maximum Gasteiger partial charge on any atom is 0.305 e. The lowest BCUT2D eigenvalue weighted by Crippen LogP contribution is -2.11. The van der Waals surface area contributed by atoms with E-state index >= 15 is 0 Å². The lowest BCUT2D eigenvalue weighted by Gasteiger charge is -2.05. The molecule has 0 heterocycles. The van der Waals surface area contributed by atoms with Gasteiger partial charge in [-0.25, -0.2) is 0 Å². The Bertz CT molecular complexity index is 194. The third-order valence-corrected chi connectivity index (χ3v) is 1.89. The summed E-state index contributed by atoms with van der Waals surface area (Å²) >= 11 is 0. The summed E-state index contributed by atoms with van der Waals surface area (Å²) in [6.07, 6.45) is 1.65. The Morgan fingerprint density at radius 2 is 1.18 bits per heavy atom. The molecule has 0 aromatic rings. The Morgan fingerprint density at radius 3 is 1.53 bits per heavy atom. The number of esters is 2. The predicted molar refractivity (Wildman–Crippen MR) is 59.2 cm³/mol. The molecule has 0 rings (SSSR count). The van der Waals surface area contributed by atoms with Crippen LogP contribution in [0.5, 0.6) is 0 Å². The highest BCUT2D eigenvalue weighted by atomic mass is 16.5. The third-order valence-electron chi connectivity index (χ3n) is 1.89. The second-order valence-corrected chi connectivity index (χ2v) is 3.45. The van der Waals surface area contributed by atoms with Gasteiger partial charge in [-0.05, 0) is 12.8 Å². The molecule has 0 atom stereocenters. The average Bonchev–Trinajstić information content (AvgIpc) is 2.33. The Hall–Kier alpha value is -1.14. The van der Waals surface area contributed by atoms with Crippen LogP contribution in [0.15, 0.2) is 0 Å². The first-order valence-electron chi connectivity index (χ1n) is 5.73. The summed E-state index contributed by atoms with van der Waals surface area (Å²) in [6, 6.07) is 0. The van der Waals surface area contributed by atoms with Gasteiger partial charge >= 0.3 is 11.9 Å². The quantitative estimate of drug-likeness (QED) is 0.418. The van der Waals surface area contributed by atoms with Gasteiger partial charge in [-0.1, -0.05) is 0 Å². The van der Waals surface area contributed by atoms with E-state index in [2.05, 4.69) is 0 Å². The summed E-state index contributed by atoms with van der Waals surface area (Å²) in [5, 5.41) is 16.9. The normalized spacial score (nSPS) is 10.0. The van der Waals surface area contributed by atoms with Gasteiger partial charge in [0.05, 0.1) is 13.2 Å². The average molecular weight is 248 g/mol. The van der Waals surface area contributed by atoms with Crippen molar-refractivity contribution in [3.05, 3.63) is 0 Å². The van der Waals surface area contributed by atoms with E-state index in [1.165, 1.54) is 0 Å². The van der Waals surface area contributed by atoms with E-state index in [4.69, 9.17) is 19.7 Å². The molecule has 6 nitrogen and oxygen atoms in total. The van der Waals surface area contributed by atoms with Gasteiger partial charge < -0.3 is 19.7 Å². The van der Waals surface area contributed by atoms with Gasteiger partial charge in [-0.15, -0.1) is 0 Å². The summed E-state index contributed by atoms with van der Waals surface area (Å²) in [4.78, 5) is 21.9. The van der Waals surface area contributed by atoms with E-state index in [9.17, 15) is 9.59 Å². The molecule has 100 valence electrons. The second-order valence-electron chi connectivity index (χ2n) is 3.45. The Morgan fingerprint density at radius 1 is 0.765 bits per heavy atom. The van der Waals surface area contributed by atoms with Crippen LogP contribution in [0.2, 0.25) is 0 Å². The highest BCUT2D eigenvalue weighted by Gasteiger charge is 2.03. The number of aliphatic hydroxyl groups excluding tert-OH is 2. The van der Waals surface area contributed by atoms with Crippen molar-refractivity contribution in [2.75, 3.05) is 26.4 Å².